The molecule has 58 valence electrons. The second-order valence-corrected chi connectivity index (χ2v) is 2.66. The van der Waals surface area contributed by atoms with Gasteiger partial charge in [0.2, 0.25) is 0 Å². The van der Waals surface area contributed by atoms with Crippen molar-refractivity contribution in [1.82, 2.24) is 0 Å². The minimum atomic E-state index is -0.236. The van der Waals surface area contributed by atoms with E-state index >= 15 is 0 Å². The van der Waals surface area contributed by atoms with Crippen LogP contribution >= 0.6 is 0 Å². The molecule has 0 aromatic rings. The Morgan fingerprint density at radius 3 is 2.90 bits per heavy atom. The molecule has 0 aliphatic heterocycles. The van der Waals surface area contributed by atoms with E-state index in [1.54, 1.807) is 6.08 Å². The maximum absolute atomic E-state index is 9.26. The van der Waals surface area contributed by atoms with Crippen molar-refractivity contribution in [3.05, 3.63) is 12.7 Å². The highest BCUT2D eigenvalue weighted by atomic mass is 16.5. The Bertz CT molecular complexity index is 112. The number of hydrogen-bond donors (Lipinski definition) is 1. The number of hydrogen-bond acceptors (Lipinski definition) is 2. The molecule has 2 heteroatoms. The van der Waals surface area contributed by atoms with E-state index in [4.69, 9.17) is 4.74 Å². The zero-order chi connectivity index (χ0) is 7.40. The SMILES string of the molecule is C=CCO[C@H]1CCC[C@@H]1O. The molecule has 0 saturated heterocycles. The summed E-state index contributed by atoms with van der Waals surface area (Å²) >= 11 is 0. The first-order chi connectivity index (χ1) is 4.84. The molecule has 1 fully saturated rings. The summed E-state index contributed by atoms with van der Waals surface area (Å²) in [5.74, 6) is 0. The fourth-order valence-corrected chi connectivity index (χ4v) is 1.29. The number of aliphatic hydroxyl groups is 1. The highest BCUT2D eigenvalue weighted by molar-refractivity contribution is 4.78. The minimum absolute atomic E-state index is 0.0676. The third-order valence-electron chi connectivity index (χ3n) is 1.85. The summed E-state index contributed by atoms with van der Waals surface area (Å²) in [6.45, 7) is 4.10. The second-order valence-electron chi connectivity index (χ2n) is 2.66. The molecular formula is C8H14O2. The van der Waals surface area contributed by atoms with E-state index in [2.05, 4.69) is 6.58 Å². The van der Waals surface area contributed by atoms with Gasteiger partial charge in [-0.05, 0) is 19.3 Å². The molecule has 0 amide bonds. The lowest BCUT2D eigenvalue weighted by molar-refractivity contribution is -0.00618. The largest absolute Gasteiger partial charge is 0.390 e. The Kier molecular flexibility index (Phi) is 2.90. The van der Waals surface area contributed by atoms with Crippen LogP contribution in [-0.2, 0) is 4.74 Å². The van der Waals surface area contributed by atoms with Crippen LogP contribution in [0.3, 0.4) is 0 Å². The van der Waals surface area contributed by atoms with Crippen LogP contribution in [0.25, 0.3) is 0 Å². The lowest BCUT2D eigenvalue weighted by atomic mass is 10.3. The maximum atomic E-state index is 9.26. The molecule has 1 saturated carbocycles. The lowest BCUT2D eigenvalue weighted by Gasteiger charge is -2.13. The van der Waals surface area contributed by atoms with E-state index < -0.39 is 0 Å². The van der Waals surface area contributed by atoms with Crippen LogP contribution in [0.2, 0.25) is 0 Å². The summed E-state index contributed by atoms with van der Waals surface area (Å²) in [5.41, 5.74) is 0. The van der Waals surface area contributed by atoms with Crippen LogP contribution in [0, 0.1) is 0 Å². The third-order valence-corrected chi connectivity index (χ3v) is 1.85. The Labute approximate surface area is 61.5 Å². The van der Waals surface area contributed by atoms with E-state index in [0.29, 0.717) is 6.61 Å². The van der Waals surface area contributed by atoms with E-state index in [9.17, 15) is 5.11 Å². The molecule has 0 radical (unpaired) electrons. The smallest absolute Gasteiger partial charge is 0.0838 e. The molecule has 1 aliphatic rings. The van der Waals surface area contributed by atoms with E-state index in [-0.39, 0.29) is 12.2 Å². The highest BCUT2D eigenvalue weighted by Gasteiger charge is 2.24. The first kappa shape index (κ1) is 7.76. The van der Waals surface area contributed by atoms with E-state index in [1.165, 1.54) is 0 Å². The molecule has 1 N–H and O–H groups in total. The normalized spacial score (nSPS) is 32.5. The van der Waals surface area contributed by atoms with Gasteiger partial charge in [-0.1, -0.05) is 6.08 Å². The van der Waals surface area contributed by atoms with Crippen LogP contribution in [0.15, 0.2) is 12.7 Å². The lowest BCUT2D eigenvalue weighted by Crippen LogP contribution is -2.22. The topological polar surface area (TPSA) is 29.5 Å². The van der Waals surface area contributed by atoms with Gasteiger partial charge in [-0.3, -0.25) is 0 Å². The fraction of sp³-hybridized carbons (Fsp3) is 0.750. The summed E-state index contributed by atoms with van der Waals surface area (Å²) in [7, 11) is 0. The van der Waals surface area contributed by atoms with Crippen molar-refractivity contribution in [3.8, 4) is 0 Å². The van der Waals surface area contributed by atoms with E-state index in [0.717, 1.165) is 19.3 Å². The zero-order valence-electron chi connectivity index (χ0n) is 6.12. The predicted molar refractivity (Wildman–Crippen MR) is 39.8 cm³/mol. The summed E-state index contributed by atoms with van der Waals surface area (Å²) in [4.78, 5) is 0. The number of aliphatic hydroxyl groups excluding tert-OH is 1. The molecule has 1 rings (SSSR count). The van der Waals surface area contributed by atoms with Crippen molar-refractivity contribution in [1.29, 1.82) is 0 Å². The highest BCUT2D eigenvalue weighted by Crippen LogP contribution is 2.21. The summed E-state index contributed by atoms with van der Waals surface area (Å²) in [5, 5.41) is 9.26. The van der Waals surface area contributed by atoms with Crippen molar-refractivity contribution >= 4 is 0 Å². The molecule has 2 nitrogen and oxygen atoms in total. The van der Waals surface area contributed by atoms with Crippen LogP contribution in [0.1, 0.15) is 19.3 Å². The first-order valence-corrected chi connectivity index (χ1v) is 3.75. The summed E-state index contributed by atoms with van der Waals surface area (Å²) in [6.07, 6.45) is 4.52. The van der Waals surface area contributed by atoms with Crippen molar-refractivity contribution < 1.29 is 9.84 Å². The molecule has 0 heterocycles. The molecule has 0 aromatic heterocycles. The maximum Gasteiger partial charge on any atom is 0.0838 e. The van der Waals surface area contributed by atoms with Crippen LogP contribution < -0.4 is 0 Å². The van der Waals surface area contributed by atoms with Gasteiger partial charge < -0.3 is 9.84 Å². The molecular weight excluding hydrogens is 128 g/mol. The molecule has 2 atom stereocenters. The first-order valence-electron chi connectivity index (χ1n) is 3.75. The zero-order valence-corrected chi connectivity index (χ0v) is 6.12. The van der Waals surface area contributed by atoms with Crippen LogP contribution in [0.5, 0.6) is 0 Å². The monoisotopic (exact) mass is 142 g/mol. The minimum Gasteiger partial charge on any atom is -0.390 e. The average Bonchev–Trinajstić information content (AvgIpc) is 2.31. The standard InChI is InChI=1S/C8H14O2/c1-2-6-10-8-5-3-4-7(8)9/h2,7-9H,1,3-6H2/t7-,8-/m0/s1. The van der Waals surface area contributed by atoms with E-state index in [1.807, 2.05) is 0 Å². The third kappa shape index (κ3) is 1.82. The van der Waals surface area contributed by atoms with Crippen molar-refractivity contribution in [2.24, 2.45) is 0 Å². The summed E-state index contributed by atoms with van der Waals surface area (Å²) < 4.78 is 5.30. The van der Waals surface area contributed by atoms with Gasteiger partial charge in [0, 0.05) is 0 Å². The molecule has 10 heavy (non-hydrogen) atoms. The Balaban J connectivity index is 2.19. The van der Waals surface area contributed by atoms with Gasteiger partial charge in [0.1, 0.15) is 0 Å². The second kappa shape index (κ2) is 3.74. The number of ether oxygens (including phenoxy) is 1. The Morgan fingerprint density at radius 2 is 2.40 bits per heavy atom. The summed E-state index contributed by atoms with van der Waals surface area (Å²) in [6, 6.07) is 0. The quantitative estimate of drug-likeness (QED) is 0.598. The van der Waals surface area contributed by atoms with Gasteiger partial charge in [0.05, 0.1) is 18.8 Å². The van der Waals surface area contributed by atoms with Crippen molar-refractivity contribution in [3.63, 3.8) is 0 Å². The molecule has 0 bridgehead atoms. The van der Waals surface area contributed by atoms with Crippen LogP contribution in [-0.4, -0.2) is 23.9 Å². The molecule has 0 unspecified atom stereocenters. The van der Waals surface area contributed by atoms with Gasteiger partial charge >= 0.3 is 0 Å². The van der Waals surface area contributed by atoms with Gasteiger partial charge in [-0.25, -0.2) is 0 Å². The van der Waals surface area contributed by atoms with Crippen LogP contribution in [0.4, 0.5) is 0 Å². The van der Waals surface area contributed by atoms with Gasteiger partial charge in [0.25, 0.3) is 0 Å². The van der Waals surface area contributed by atoms with Gasteiger partial charge in [-0.2, -0.15) is 0 Å². The average molecular weight is 142 g/mol. The molecule has 1 aliphatic carbocycles. The predicted octanol–water partition coefficient (Wildman–Crippen LogP) is 1.10. The van der Waals surface area contributed by atoms with Crippen molar-refractivity contribution in [2.75, 3.05) is 6.61 Å². The van der Waals surface area contributed by atoms with Gasteiger partial charge in [-0.15, -0.1) is 6.58 Å². The molecule has 0 spiro atoms. The Morgan fingerprint density at radius 1 is 1.60 bits per heavy atom. The van der Waals surface area contributed by atoms with Crippen molar-refractivity contribution in [2.45, 2.75) is 31.5 Å². The fourth-order valence-electron chi connectivity index (χ4n) is 1.29. The van der Waals surface area contributed by atoms with Gasteiger partial charge in [0.15, 0.2) is 0 Å². The Hall–Kier alpha value is -0.340. The molecule has 0 aromatic carbocycles. The number of rotatable bonds is 3.